The highest BCUT2D eigenvalue weighted by molar-refractivity contribution is 5.87. The number of H-pyrrole nitrogens is 1. The molecule has 25 heavy (non-hydrogen) atoms. The first-order valence-corrected chi connectivity index (χ1v) is 9.06. The summed E-state index contributed by atoms with van der Waals surface area (Å²) in [4.78, 5) is 18.3. The van der Waals surface area contributed by atoms with E-state index in [1.54, 1.807) is 12.1 Å². The molecule has 1 aliphatic carbocycles. The summed E-state index contributed by atoms with van der Waals surface area (Å²) >= 11 is 0. The predicted molar refractivity (Wildman–Crippen MR) is 93.9 cm³/mol. The number of ether oxygens (including phenoxy) is 1. The van der Waals surface area contributed by atoms with Crippen molar-refractivity contribution < 1.29 is 13.9 Å². The number of morpholine rings is 1. The summed E-state index contributed by atoms with van der Waals surface area (Å²) in [5, 5.41) is 4.00. The first-order valence-electron chi connectivity index (χ1n) is 9.06. The molecular weight excluding hydrogens is 321 g/mol. The van der Waals surface area contributed by atoms with Gasteiger partial charge in [-0.2, -0.15) is 0 Å². The quantitative estimate of drug-likeness (QED) is 0.874. The van der Waals surface area contributed by atoms with Gasteiger partial charge in [0.1, 0.15) is 11.4 Å². The Hall–Kier alpha value is -1.92. The van der Waals surface area contributed by atoms with Crippen molar-refractivity contribution in [3.8, 4) is 0 Å². The van der Waals surface area contributed by atoms with Crippen LogP contribution in [0.15, 0.2) is 24.4 Å². The number of nitrogens with zero attached hydrogens (tertiary/aromatic N) is 1. The molecule has 1 saturated heterocycles. The van der Waals surface area contributed by atoms with E-state index in [9.17, 15) is 9.18 Å². The van der Waals surface area contributed by atoms with Crippen LogP contribution in [0.2, 0.25) is 0 Å². The monoisotopic (exact) mass is 345 g/mol. The van der Waals surface area contributed by atoms with E-state index in [-0.39, 0.29) is 17.3 Å². The van der Waals surface area contributed by atoms with Crippen molar-refractivity contribution in [2.24, 2.45) is 0 Å². The molecule has 0 unspecified atom stereocenters. The number of hydrogen-bond acceptors (Lipinski definition) is 3. The van der Waals surface area contributed by atoms with E-state index in [0.717, 1.165) is 48.8 Å². The molecule has 2 N–H and O–H groups in total. The van der Waals surface area contributed by atoms with Crippen molar-refractivity contribution >= 4 is 16.8 Å². The van der Waals surface area contributed by atoms with Gasteiger partial charge in [0.15, 0.2) is 0 Å². The Morgan fingerprint density at radius 2 is 2.12 bits per heavy atom. The number of halogens is 1. The number of aromatic amines is 1. The van der Waals surface area contributed by atoms with Crippen molar-refractivity contribution in [3.63, 3.8) is 0 Å². The number of hydrogen-bond donors (Lipinski definition) is 2. The Bertz CT molecular complexity index is 763. The van der Waals surface area contributed by atoms with Gasteiger partial charge in [0.25, 0.3) is 0 Å². The van der Waals surface area contributed by atoms with Crippen LogP contribution in [0.5, 0.6) is 0 Å². The molecule has 4 rings (SSSR count). The van der Waals surface area contributed by atoms with Crippen LogP contribution < -0.4 is 5.32 Å². The Morgan fingerprint density at radius 1 is 1.32 bits per heavy atom. The summed E-state index contributed by atoms with van der Waals surface area (Å²) in [6.45, 7) is 3.63. The topological polar surface area (TPSA) is 57.4 Å². The second-order valence-electron chi connectivity index (χ2n) is 6.99. The second kappa shape index (κ2) is 6.77. The van der Waals surface area contributed by atoms with Crippen LogP contribution in [0.1, 0.15) is 24.8 Å². The van der Waals surface area contributed by atoms with E-state index in [1.165, 1.54) is 6.07 Å². The molecule has 2 aromatic rings. The summed E-state index contributed by atoms with van der Waals surface area (Å²) in [5.41, 5.74) is 1.62. The zero-order valence-electron chi connectivity index (χ0n) is 14.3. The summed E-state index contributed by atoms with van der Waals surface area (Å²) in [7, 11) is 0. The average Bonchev–Trinajstić information content (AvgIpc) is 2.97. The molecular formula is C19H24FN3O2. The summed E-state index contributed by atoms with van der Waals surface area (Å²) in [6.07, 6.45) is 5.55. The molecule has 1 aromatic heterocycles. The van der Waals surface area contributed by atoms with E-state index in [0.29, 0.717) is 26.2 Å². The normalized spacial score (nSPS) is 20.4. The molecule has 2 heterocycles. The molecule has 1 aliphatic heterocycles. The van der Waals surface area contributed by atoms with Gasteiger partial charge < -0.3 is 15.0 Å². The third-order valence-corrected chi connectivity index (χ3v) is 5.63. The highest BCUT2D eigenvalue weighted by atomic mass is 19.1. The molecule has 0 spiro atoms. The van der Waals surface area contributed by atoms with Gasteiger partial charge in [0, 0.05) is 36.7 Å². The van der Waals surface area contributed by atoms with E-state index in [4.69, 9.17) is 4.74 Å². The molecule has 0 bridgehead atoms. The predicted octanol–water partition coefficient (Wildman–Crippen LogP) is 2.22. The van der Waals surface area contributed by atoms with Gasteiger partial charge >= 0.3 is 0 Å². The maximum atomic E-state index is 13.5. The van der Waals surface area contributed by atoms with Crippen LogP contribution >= 0.6 is 0 Å². The van der Waals surface area contributed by atoms with Gasteiger partial charge in [-0.3, -0.25) is 9.69 Å². The maximum Gasteiger partial charge on any atom is 0.240 e. The van der Waals surface area contributed by atoms with Gasteiger partial charge in [-0.05, 0) is 49.4 Å². The molecule has 5 nitrogen and oxygen atoms in total. The van der Waals surface area contributed by atoms with Gasteiger partial charge in [-0.25, -0.2) is 4.39 Å². The third-order valence-electron chi connectivity index (χ3n) is 5.63. The van der Waals surface area contributed by atoms with Crippen LogP contribution in [-0.4, -0.2) is 54.2 Å². The van der Waals surface area contributed by atoms with Crippen LogP contribution in [0.25, 0.3) is 10.9 Å². The highest BCUT2D eigenvalue weighted by Crippen LogP contribution is 2.38. The Kier molecular flexibility index (Phi) is 4.48. The van der Waals surface area contributed by atoms with Crippen LogP contribution in [0.4, 0.5) is 4.39 Å². The van der Waals surface area contributed by atoms with Crippen molar-refractivity contribution in [1.29, 1.82) is 0 Å². The molecule has 2 fully saturated rings. The fraction of sp³-hybridized carbons (Fsp3) is 0.526. The lowest BCUT2D eigenvalue weighted by Gasteiger charge is -2.50. The highest BCUT2D eigenvalue weighted by Gasteiger charge is 2.48. The lowest BCUT2D eigenvalue weighted by molar-refractivity contribution is -0.144. The van der Waals surface area contributed by atoms with Crippen molar-refractivity contribution in [2.45, 2.75) is 31.2 Å². The van der Waals surface area contributed by atoms with Crippen LogP contribution in [0.3, 0.4) is 0 Å². The molecule has 1 amide bonds. The van der Waals surface area contributed by atoms with Gasteiger partial charge in [-0.15, -0.1) is 0 Å². The molecule has 0 atom stereocenters. The molecule has 134 valence electrons. The molecule has 0 radical (unpaired) electrons. The average molecular weight is 345 g/mol. The fourth-order valence-electron chi connectivity index (χ4n) is 4.02. The number of nitrogens with one attached hydrogen (secondary N) is 2. The molecule has 1 aromatic carbocycles. The van der Waals surface area contributed by atoms with Crippen molar-refractivity contribution in [3.05, 3.63) is 35.8 Å². The first kappa shape index (κ1) is 16.5. The maximum absolute atomic E-state index is 13.5. The van der Waals surface area contributed by atoms with E-state index >= 15 is 0 Å². The van der Waals surface area contributed by atoms with Gasteiger partial charge in [-0.1, -0.05) is 0 Å². The second-order valence-corrected chi connectivity index (χ2v) is 6.99. The molecule has 6 heteroatoms. The van der Waals surface area contributed by atoms with Crippen LogP contribution in [-0.2, 0) is 16.0 Å². The van der Waals surface area contributed by atoms with E-state index < -0.39 is 0 Å². The van der Waals surface area contributed by atoms with Crippen molar-refractivity contribution in [2.75, 3.05) is 32.8 Å². The largest absolute Gasteiger partial charge is 0.379 e. The minimum Gasteiger partial charge on any atom is -0.379 e. The molecule has 1 saturated carbocycles. The standard InChI is InChI=1S/C19H24FN3O2/c20-15-2-3-17-16(12-15)14(13-22-17)4-7-21-18(24)19(5-1-6-19)23-8-10-25-11-9-23/h2-3,12-13,22H,1,4-11H2,(H,21,24). The number of carbonyl (C=O) groups excluding carboxylic acids is 1. The number of carbonyl (C=O) groups is 1. The number of benzene rings is 1. The fourth-order valence-corrected chi connectivity index (χ4v) is 4.02. The van der Waals surface area contributed by atoms with Gasteiger partial charge in [0.05, 0.1) is 13.2 Å². The lowest BCUT2D eigenvalue weighted by atomic mass is 9.74. The van der Waals surface area contributed by atoms with E-state index in [1.807, 2.05) is 6.20 Å². The number of rotatable bonds is 5. The first-order chi connectivity index (χ1) is 12.2. The SMILES string of the molecule is O=C(NCCc1c[nH]c2ccc(F)cc12)C1(N2CCOCC2)CCC1. The number of aromatic nitrogens is 1. The zero-order valence-corrected chi connectivity index (χ0v) is 14.3. The Balaban J connectivity index is 1.38. The minimum atomic E-state index is -0.337. The summed E-state index contributed by atoms with van der Waals surface area (Å²) in [5.74, 6) is -0.107. The number of amides is 1. The summed E-state index contributed by atoms with van der Waals surface area (Å²) in [6, 6.07) is 4.74. The molecule has 2 aliphatic rings. The van der Waals surface area contributed by atoms with Crippen molar-refractivity contribution in [1.82, 2.24) is 15.2 Å². The Morgan fingerprint density at radius 3 is 2.84 bits per heavy atom. The Labute approximate surface area is 146 Å². The smallest absolute Gasteiger partial charge is 0.240 e. The van der Waals surface area contributed by atoms with Crippen LogP contribution in [0, 0.1) is 5.82 Å². The summed E-state index contributed by atoms with van der Waals surface area (Å²) < 4.78 is 18.9. The van der Waals surface area contributed by atoms with E-state index in [2.05, 4.69) is 15.2 Å². The number of fused-ring (bicyclic) bond motifs is 1. The minimum absolute atomic E-state index is 0.131. The van der Waals surface area contributed by atoms with Gasteiger partial charge in [0.2, 0.25) is 5.91 Å². The zero-order chi connectivity index (χ0) is 17.3. The third kappa shape index (κ3) is 3.04. The lowest BCUT2D eigenvalue weighted by Crippen LogP contribution is -2.65.